The van der Waals surface area contributed by atoms with Gasteiger partial charge in [0, 0.05) is 16.8 Å². The van der Waals surface area contributed by atoms with Gasteiger partial charge in [0.1, 0.15) is 0 Å². The van der Waals surface area contributed by atoms with Crippen molar-refractivity contribution in [2.24, 2.45) is 7.05 Å². The van der Waals surface area contributed by atoms with Gasteiger partial charge in [0.15, 0.2) is 0 Å². The van der Waals surface area contributed by atoms with Crippen LogP contribution >= 0.6 is 11.3 Å². The molecule has 0 aliphatic rings. The number of rotatable bonds is 3. The minimum atomic E-state index is 0.329. The van der Waals surface area contributed by atoms with Crippen LogP contribution in [0.25, 0.3) is 0 Å². The quantitative estimate of drug-likeness (QED) is 0.901. The number of aryl methyl sites for hydroxylation is 3. The van der Waals surface area contributed by atoms with E-state index in [4.69, 9.17) is 0 Å². The van der Waals surface area contributed by atoms with Crippen molar-refractivity contribution in [1.82, 2.24) is 9.78 Å². The van der Waals surface area contributed by atoms with Crippen molar-refractivity contribution in [3.05, 3.63) is 33.3 Å². The standard InChI is InChI=1S/C13H19N3S/c1-8-6-7-12(17-8)9(2)14-13-10(3)15-16(5)11(13)4/h6-7,9,14H,1-5H3. The fraction of sp³-hybridized carbons (Fsp3) is 0.462. The molecule has 1 unspecified atom stereocenters. The smallest absolute Gasteiger partial charge is 0.0828 e. The number of nitrogens with one attached hydrogen (secondary N) is 1. The van der Waals surface area contributed by atoms with Crippen molar-refractivity contribution in [3.8, 4) is 0 Å². The summed E-state index contributed by atoms with van der Waals surface area (Å²) >= 11 is 1.84. The Kier molecular flexibility index (Phi) is 3.24. The van der Waals surface area contributed by atoms with E-state index in [1.807, 2.05) is 30.0 Å². The number of aromatic nitrogens is 2. The summed E-state index contributed by atoms with van der Waals surface area (Å²) in [6.07, 6.45) is 0. The molecule has 2 rings (SSSR count). The molecule has 2 aromatic heterocycles. The summed E-state index contributed by atoms with van der Waals surface area (Å²) < 4.78 is 1.92. The van der Waals surface area contributed by atoms with Gasteiger partial charge in [-0.1, -0.05) is 0 Å². The maximum atomic E-state index is 4.42. The molecule has 0 fully saturated rings. The highest BCUT2D eigenvalue weighted by molar-refractivity contribution is 7.12. The zero-order chi connectivity index (χ0) is 12.6. The van der Waals surface area contributed by atoms with E-state index in [-0.39, 0.29) is 0 Å². The van der Waals surface area contributed by atoms with E-state index < -0.39 is 0 Å². The van der Waals surface area contributed by atoms with Crippen molar-refractivity contribution in [2.75, 3.05) is 5.32 Å². The van der Waals surface area contributed by atoms with Crippen molar-refractivity contribution < 1.29 is 0 Å². The summed E-state index contributed by atoms with van der Waals surface area (Å²) in [5.41, 5.74) is 3.40. The molecule has 0 aliphatic carbocycles. The van der Waals surface area contributed by atoms with Crippen LogP contribution in [0.15, 0.2) is 12.1 Å². The molecule has 92 valence electrons. The molecular weight excluding hydrogens is 230 g/mol. The molecular formula is C13H19N3S. The third-order valence-electron chi connectivity index (χ3n) is 3.06. The molecule has 0 saturated carbocycles. The Morgan fingerprint density at radius 2 is 2.00 bits per heavy atom. The van der Waals surface area contributed by atoms with E-state index in [9.17, 15) is 0 Å². The van der Waals surface area contributed by atoms with Crippen LogP contribution < -0.4 is 5.32 Å². The van der Waals surface area contributed by atoms with E-state index in [0.717, 1.165) is 11.4 Å². The van der Waals surface area contributed by atoms with Crippen LogP contribution in [-0.4, -0.2) is 9.78 Å². The van der Waals surface area contributed by atoms with Crippen molar-refractivity contribution >= 4 is 17.0 Å². The van der Waals surface area contributed by atoms with Gasteiger partial charge in [-0.2, -0.15) is 5.10 Å². The van der Waals surface area contributed by atoms with Crippen LogP contribution in [0, 0.1) is 20.8 Å². The predicted molar refractivity (Wildman–Crippen MR) is 73.8 cm³/mol. The highest BCUT2D eigenvalue weighted by Gasteiger charge is 2.13. The highest BCUT2D eigenvalue weighted by Crippen LogP contribution is 2.28. The van der Waals surface area contributed by atoms with Crippen LogP contribution in [-0.2, 0) is 7.05 Å². The third-order valence-corrected chi connectivity index (χ3v) is 4.24. The Labute approximate surface area is 106 Å². The monoisotopic (exact) mass is 249 g/mol. The van der Waals surface area contributed by atoms with E-state index in [1.165, 1.54) is 15.4 Å². The summed E-state index contributed by atoms with van der Waals surface area (Å²) in [5.74, 6) is 0. The number of hydrogen-bond donors (Lipinski definition) is 1. The van der Waals surface area contributed by atoms with Crippen LogP contribution in [0.5, 0.6) is 0 Å². The normalized spacial score (nSPS) is 12.8. The average molecular weight is 249 g/mol. The first-order valence-corrected chi connectivity index (χ1v) is 6.63. The molecule has 17 heavy (non-hydrogen) atoms. The molecule has 0 bridgehead atoms. The predicted octanol–water partition coefficient (Wildman–Crippen LogP) is 3.58. The number of anilines is 1. The fourth-order valence-corrected chi connectivity index (χ4v) is 2.84. The van der Waals surface area contributed by atoms with Crippen LogP contribution in [0.1, 0.15) is 34.1 Å². The van der Waals surface area contributed by atoms with Crippen LogP contribution in [0.2, 0.25) is 0 Å². The Balaban J connectivity index is 2.21. The molecule has 4 heteroatoms. The first-order chi connectivity index (χ1) is 7.99. The molecule has 1 atom stereocenters. The fourth-order valence-electron chi connectivity index (χ4n) is 1.96. The van der Waals surface area contributed by atoms with Gasteiger partial charge in [-0.25, -0.2) is 0 Å². The molecule has 0 spiro atoms. The Morgan fingerprint density at radius 1 is 1.29 bits per heavy atom. The van der Waals surface area contributed by atoms with Gasteiger partial charge in [0.25, 0.3) is 0 Å². The molecule has 0 aromatic carbocycles. The van der Waals surface area contributed by atoms with Gasteiger partial charge in [0.2, 0.25) is 0 Å². The second kappa shape index (κ2) is 4.53. The largest absolute Gasteiger partial charge is 0.375 e. The van der Waals surface area contributed by atoms with Crippen LogP contribution in [0.3, 0.4) is 0 Å². The van der Waals surface area contributed by atoms with Gasteiger partial charge in [-0.3, -0.25) is 4.68 Å². The summed E-state index contributed by atoms with van der Waals surface area (Å²) in [5, 5.41) is 7.98. The second-order valence-electron chi connectivity index (χ2n) is 4.48. The third kappa shape index (κ3) is 2.36. The molecule has 2 aromatic rings. The lowest BCUT2D eigenvalue weighted by atomic mass is 10.2. The van der Waals surface area contributed by atoms with E-state index in [1.54, 1.807) is 0 Å². The lowest BCUT2D eigenvalue weighted by Crippen LogP contribution is -2.06. The molecule has 0 radical (unpaired) electrons. The maximum absolute atomic E-state index is 4.42. The molecule has 1 N–H and O–H groups in total. The van der Waals surface area contributed by atoms with E-state index >= 15 is 0 Å². The highest BCUT2D eigenvalue weighted by atomic mass is 32.1. The molecule has 0 amide bonds. The zero-order valence-corrected chi connectivity index (χ0v) is 11.9. The van der Waals surface area contributed by atoms with Gasteiger partial charge < -0.3 is 5.32 Å². The molecule has 0 saturated heterocycles. The van der Waals surface area contributed by atoms with Crippen molar-refractivity contribution in [2.45, 2.75) is 33.7 Å². The minimum absolute atomic E-state index is 0.329. The van der Waals surface area contributed by atoms with Gasteiger partial charge in [-0.15, -0.1) is 11.3 Å². The summed E-state index contributed by atoms with van der Waals surface area (Å²) in [7, 11) is 1.98. The zero-order valence-electron chi connectivity index (χ0n) is 11.0. The Morgan fingerprint density at radius 3 is 2.47 bits per heavy atom. The van der Waals surface area contributed by atoms with Crippen molar-refractivity contribution in [3.63, 3.8) is 0 Å². The topological polar surface area (TPSA) is 29.9 Å². The lowest BCUT2D eigenvalue weighted by molar-refractivity contribution is 0.731. The summed E-state index contributed by atoms with van der Waals surface area (Å²) in [4.78, 5) is 2.72. The van der Waals surface area contributed by atoms with Gasteiger partial charge >= 0.3 is 0 Å². The van der Waals surface area contributed by atoms with E-state index in [0.29, 0.717) is 6.04 Å². The number of hydrogen-bond acceptors (Lipinski definition) is 3. The van der Waals surface area contributed by atoms with Crippen LogP contribution in [0.4, 0.5) is 5.69 Å². The van der Waals surface area contributed by atoms with E-state index in [2.05, 4.69) is 43.3 Å². The van der Waals surface area contributed by atoms with Crippen molar-refractivity contribution in [1.29, 1.82) is 0 Å². The number of nitrogens with zero attached hydrogens (tertiary/aromatic N) is 2. The summed E-state index contributed by atoms with van der Waals surface area (Å²) in [6.45, 7) is 8.47. The molecule has 3 nitrogen and oxygen atoms in total. The first kappa shape index (κ1) is 12.2. The molecule has 2 heterocycles. The molecule has 0 aliphatic heterocycles. The average Bonchev–Trinajstić information content (AvgIpc) is 2.79. The first-order valence-electron chi connectivity index (χ1n) is 5.82. The Hall–Kier alpha value is -1.29. The second-order valence-corrected chi connectivity index (χ2v) is 5.80. The maximum Gasteiger partial charge on any atom is 0.0828 e. The van der Waals surface area contributed by atoms with Gasteiger partial charge in [0.05, 0.1) is 23.1 Å². The summed E-state index contributed by atoms with van der Waals surface area (Å²) in [6, 6.07) is 4.69. The Bertz CT molecular complexity index is 525. The van der Waals surface area contributed by atoms with Gasteiger partial charge in [-0.05, 0) is 39.8 Å². The SMILES string of the molecule is Cc1ccc(C(C)Nc2c(C)nn(C)c2C)s1. The number of thiophene rings is 1. The minimum Gasteiger partial charge on any atom is -0.375 e. The lowest BCUT2D eigenvalue weighted by Gasteiger charge is -2.14.